The van der Waals surface area contributed by atoms with Crippen LogP contribution in [0, 0.1) is 0 Å². The number of hydrogen-bond donors (Lipinski definition) is 2. The van der Waals surface area contributed by atoms with E-state index in [1.54, 1.807) is 17.0 Å². The van der Waals surface area contributed by atoms with E-state index in [4.69, 9.17) is 5.73 Å². The monoisotopic (exact) mass is 375 g/mol. The van der Waals surface area contributed by atoms with Crippen molar-refractivity contribution in [3.05, 3.63) is 24.3 Å². The normalized spacial score (nSPS) is 15.5. The molecule has 1 fully saturated rings. The van der Waals surface area contributed by atoms with E-state index in [1.807, 2.05) is 13.8 Å². The first-order chi connectivity index (χ1) is 10.8. The zero-order chi connectivity index (χ0) is 17.1. The first-order valence-corrected chi connectivity index (χ1v) is 9.48. The van der Waals surface area contributed by atoms with Crippen LogP contribution < -0.4 is 15.4 Å². The molecule has 1 aliphatic rings. The lowest BCUT2D eigenvalue weighted by molar-refractivity contribution is -0.117. The second-order valence-corrected chi connectivity index (χ2v) is 7.80. The van der Waals surface area contributed by atoms with Gasteiger partial charge in [0.2, 0.25) is 15.9 Å². The van der Waals surface area contributed by atoms with Crippen LogP contribution in [0.3, 0.4) is 0 Å². The van der Waals surface area contributed by atoms with Crippen LogP contribution in [0.5, 0.6) is 0 Å². The molecule has 24 heavy (non-hydrogen) atoms. The summed E-state index contributed by atoms with van der Waals surface area (Å²) in [6.07, 6.45) is 2.78. The lowest BCUT2D eigenvalue weighted by Crippen LogP contribution is -2.49. The molecule has 0 bridgehead atoms. The zero-order valence-corrected chi connectivity index (χ0v) is 15.8. The highest BCUT2D eigenvalue weighted by molar-refractivity contribution is 7.89. The summed E-state index contributed by atoms with van der Waals surface area (Å²) in [5.41, 5.74) is 6.34. The molecule has 1 aromatic rings. The summed E-state index contributed by atoms with van der Waals surface area (Å²) in [6, 6.07) is 6.40. The lowest BCUT2D eigenvalue weighted by Gasteiger charge is -2.26. The average Bonchev–Trinajstić information content (AvgIpc) is 2.99. The van der Waals surface area contributed by atoms with Crippen molar-refractivity contribution in [3.63, 3.8) is 0 Å². The smallest absolute Gasteiger partial charge is 0.240 e. The van der Waals surface area contributed by atoms with Crippen molar-refractivity contribution < 1.29 is 13.2 Å². The lowest BCUT2D eigenvalue weighted by atomic mass is 9.95. The summed E-state index contributed by atoms with van der Waals surface area (Å²) in [5.74, 6) is 0.0811. The molecule has 0 atom stereocenters. The number of hydrogen-bond acceptors (Lipinski definition) is 4. The number of nitrogens with zero attached hydrogens (tertiary/aromatic N) is 1. The fourth-order valence-corrected chi connectivity index (χ4v) is 3.69. The van der Waals surface area contributed by atoms with E-state index in [9.17, 15) is 13.2 Å². The minimum absolute atomic E-state index is 0. The van der Waals surface area contributed by atoms with Gasteiger partial charge in [-0.05, 0) is 43.5 Å². The molecule has 0 saturated carbocycles. The summed E-state index contributed by atoms with van der Waals surface area (Å²) >= 11 is 0. The molecule has 0 aliphatic carbocycles. The molecule has 0 spiro atoms. The summed E-state index contributed by atoms with van der Waals surface area (Å²) in [5, 5.41) is 0. The molecule has 3 N–H and O–H groups in total. The average molecular weight is 376 g/mol. The van der Waals surface area contributed by atoms with E-state index in [0.29, 0.717) is 25.8 Å². The quantitative estimate of drug-likeness (QED) is 0.762. The highest BCUT2D eigenvalue weighted by Crippen LogP contribution is 2.23. The van der Waals surface area contributed by atoms with Gasteiger partial charge in [0.15, 0.2) is 0 Å². The Hall–Kier alpha value is -1.15. The van der Waals surface area contributed by atoms with Gasteiger partial charge in [-0.15, -0.1) is 12.4 Å². The number of halogens is 1. The number of amides is 1. The van der Waals surface area contributed by atoms with Crippen molar-refractivity contribution >= 4 is 34.0 Å². The highest BCUT2D eigenvalue weighted by Gasteiger charge is 2.25. The fraction of sp³-hybridized carbons (Fsp3) is 0.562. The van der Waals surface area contributed by atoms with E-state index in [2.05, 4.69) is 4.72 Å². The first kappa shape index (κ1) is 20.9. The molecule has 0 radical (unpaired) electrons. The third-order valence-electron chi connectivity index (χ3n) is 4.55. The van der Waals surface area contributed by atoms with Gasteiger partial charge in [-0.2, -0.15) is 0 Å². The Balaban J connectivity index is 0.00000288. The van der Waals surface area contributed by atoms with Gasteiger partial charge in [-0.1, -0.05) is 13.8 Å². The van der Waals surface area contributed by atoms with Crippen LogP contribution in [0.25, 0.3) is 0 Å². The van der Waals surface area contributed by atoms with Gasteiger partial charge in [0.25, 0.3) is 0 Å². The zero-order valence-electron chi connectivity index (χ0n) is 14.1. The van der Waals surface area contributed by atoms with Gasteiger partial charge in [-0.25, -0.2) is 13.1 Å². The van der Waals surface area contributed by atoms with E-state index >= 15 is 0 Å². The molecule has 8 heteroatoms. The van der Waals surface area contributed by atoms with Gasteiger partial charge in [0.1, 0.15) is 0 Å². The molecule has 1 aliphatic heterocycles. The molecular formula is C16H26ClN3O3S. The number of carbonyl (C=O) groups is 1. The Bertz CT molecular complexity index is 658. The van der Waals surface area contributed by atoms with Crippen LogP contribution in [0.15, 0.2) is 29.2 Å². The topological polar surface area (TPSA) is 92.5 Å². The Labute approximate surface area is 150 Å². The third kappa shape index (κ3) is 4.69. The van der Waals surface area contributed by atoms with Gasteiger partial charge in [-0.3, -0.25) is 4.79 Å². The number of anilines is 1. The summed E-state index contributed by atoms with van der Waals surface area (Å²) in [6.45, 7) is 4.78. The van der Waals surface area contributed by atoms with Crippen LogP contribution in [0.4, 0.5) is 5.69 Å². The molecule has 0 unspecified atom stereocenters. The third-order valence-corrected chi connectivity index (χ3v) is 5.97. The first-order valence-electron chi connectivity index (χ1n) is 8.00. The Morgan fingerprint density at radius 3 is 2.25 bits per heavy atom. The molecule has 2 rings (SSSR count). The highest BCUT2D eigenvalue weighted by atomic mass is 35.5. The Morgan fingerprint density at radius 1 is 1.21 bits per heavy atom. The summed E-state index contributed by atoms with van der Waals surface area (Å²) < 4.78 is 27.3. The van der Waals surface area contributed by atoms with Gasteiger partial charge >= 0.3 is 0 Å². The predicted molar refractivity (Wildman–Crippen MR) is 98.0 cm³/mol. The van der Waals surface area contributed by atoms with E-state index < -0.39 is 15.6 Å². The van der Waals surface area contributed by atoms with E-state index in [1.165, 1.54) is 12.1 Å². The molecule has 1 heterocycles. The van der Waals surface area contributed by atoms with Crippen LogP contribution >= 0.6 is 12.4 Å². The predicted octanol–water partition coefficient (Wildman–Crippen LogP) is 2.03. The largest absolute Gasteiger partial charge is 0.324 e. The second kappa shape index (κ2) is 8.29. The van der Waals surface area contributed by atoms with Gasteiger partial charge in [0, 0.05) is 30.7 Å². The number of nitrogens with two attached hydrogens (primary N) is 1. The van der Waals surface area contributed by atoms with Crippen molar-refractivity contribution in [1.82, 2.24) is 4.72 Å². The van der Waals surface area contributed by atoms with Crippen molar-refractivity contribution in [1.29, 1.82) is 0 Å². The standard InChI is InChI=1S/C16H25N3O3S.ClH/c1-3-16(17,4-2)12-18-23(21,22)14-9-7-13(8-10-14)19-11-5-6-15(19)20;/h7-10,18H,3-6,11-12,17H2,1-2H3;1H. The maximum atomic E-state index is 12.4. The maximum Gasteiger partial charge on any atom is 0.240 e. The molecule has 136 valence electrons. The number of benzene rings is 1. The maximum absolute atomic E-state index is 12.4. The number of sulfonamides is 1. The molecule has 1 amide bonds. The minimum atomic E-state index is -3.60. The van der Waals surface area contributed by atoms with E-state index in [-0.39, 0.29) is 29.8 Å². The van der Waals surface area contributed by atoms with Gasteiger partial charge in [0.05, 0.1) is 4.90 Å². The van der Waals surface area contributed by atoms with Crippen molar-refractivity contribution in [2.45, 2.75) is 50.0 Å². The van der Waals surface area contributed by atoms with Crippen molar-refractivity contribution in [2.24, 2.45) is 5.73 Å². The number of carbonyl (C=O) groups excluding carboxylic acids is 1. The molecule has 0 aromatic heterocycles. The molecular weight excluding hydrogens is 350 g/mol. The fourth-order valence-electron chi connectivity index (χ4n) is 2.55. The number of nitrogens with one attached hydrogen (secondary N) is 1. The van der Waals surface area contributed by atoms with Crippen LogP contribution in [-0.2, 0) is 14.8 Å². The summed E-state index contributed by atoms with van der Waals surface area (Å²) in [4.78, 5) is 13.6. The Kier molecular flexibility index (Phi) is 7.22. The number of rotatable bonds is 7. The molecule has 1 aromatic carbocycles. The van der Waals surface area contributed by atoms with Crippen LogP contribution in [0.2, 0.25) is 0 Å². The Morgan fingerprint density at radius 2 is 1.79 bits per heavy atom. The molecule has 6 nitrogen and oxygen atoms in total. The van der Waals surface area contributed by atoms with Crippen LogP contribution in [0.1, 0.15) is 39.5 Å². The minimum Gasteiger partial charge on any atom is -0.324 e. The van der Waals surface area contributed by atoms with Crippen molar-refractivity contribution in [3.8, 4) is 0 Å². The SMILES string of the molecule is CCC(N)(CC)CNS(=O)(=O)c1ccc(N2CCCC2=O)cc1.Cl. The summed E-state index contributed by atoms with van der Waals surface area (Å²) in [7, 11) is -3.60. The van der Waals surface area contributed by atoms with E-state index in [0.717, 1.165) is 12.1 Å². The van der Waals surface area contributed by atoms with Gasteiger partial charge < -0.3 is 10.6 Å². The van der Waals surface area contributed by atoms with Crippen molar-refractivity contribution in [2.75, 3.05) is 18.0 Å². The molecule has 1 saturated heterocycles. The van der Waals surface area contributed by atoms with Crippen LogP contribution in [-0.4, -0.2) is 33.0 Å². The second-order valence-electron chi connectivity index (χ2n) is 6.04.